The second kappa shape index (κ2) is 6.36. The lowest BCUT2D eigenvalue weighted by Crippen LogP contribution is -2.47. The summed E-state index contributed by atoms with van der Waals surface area (Å²) in [6.07, 6.45) is 5.55. The molecule has 1 atom stereocenters. The Morgan fingerprint density at radius 2 is 2.47 bits per heavy atom. The first-order chi connectivity index (χ1) is 8.33. The number of nitrogens with one attached hydrogen (secondary N) is 1. The van der Waals surface area contributed by atoms with Crippen molar-refractivity contribution in [3.8, 4) is 0 Å². The van der Waals surface area contributed by atoms with E-state index >= 15 is 0 Å². The van der Waals surface area contributed by atoms with Crippen molar-refractivity contribution in [3.63, 3.8) is 0 Å². The minimum absolute atomic E-state index is 0.579. The minimum Gasteiger partial charge on any atom is -0.351 e. The van der Waals surface area contributed by atoms with Crippen LogP contribution in [0.15, 0.2) is 22.8 Å². The Kier molecular flexibility index (Phi) is 4.80. The van der Waals surface area contributed by atoms with E-state index in [2.05, 4.69) is 44.1 Å². The summed E-state index contributed by atoms with van der Waals surface area (Å²) in [6, 6.07) is 4.62. The fourth-order valence-corrected chi connectivity index (χ4v) is 2.87. The molecular weight excluding hydrogens is 278 g/mol. The summed E-state index contributed by atoms with van der Waals surface area (Å²) >= 11 is 3.61. The predicted octanol–water partition coefficient (Wildman–Crippen LogP) is 2.81. The van der Waals surface area contributed by atoms with Crippen LogP contribution in [0, 0.1) is 0 Å². The highest BCUT2D eigenvalue weighted by molar-refractivity contribution is 9.10. The molecule has 17 heavy (non-hydrogen) atoms. The molecule has 1 aliphatic heterocycles. The lowest BCUT2D eigenvalue weighted by Gasteiger charge is -2.36. The molecule has 1 N–H and O–H groups in total. The Bertz CT molecular complexity index is 350. The van der Waals surface area contributed by atoms with Crippen molar-refractivity contribution >= 4 is 21.7 Å². The average Bonchev–Trinajstić information content (AvgIpc) is 2.38. The smallest absolute Gasteiger partial charge is 0.143 e. The van der Waals surface area contributed by atoms with Crippen LogP contribution in [0.5, 0.6) is 0 Å². The lowest BCUT2D eigenvalue weighted by molar-refractivity contribution is 0.428. The van der Waals surface area contributed by atoms with Gasteiger partial charge in [-0.3, -0.25) is 0 Å². The van der Waals surface area contributed by atoms with Crippen LogP contribution in [-0.4, -0.2) is 30.7 Å². The average molecular weight is 298 g/mol. The normalized spacial score (nSPS) is 20.2. The van der Waals surface area contributed by atoms with Crippen molar-refractivity contribution in [2.75, 3.05) is 24.5 Å². The van der Waals surface area contributed by atoms with E-state index in [1.165, 1.54) is 12.8 Å². The maximum Gasteiger partial charge on any atom is 0.143 e. The molecule has 0 aliphatic carbocycles. The van der Waals surface area contributed by atoms with Crippen LogP contribution in [0.1, 0.15) is 26.2 Å². The van der Waals surface area contributed by atoms with Crippen LogP contribution >= 0.6 is 15.9 Å². The van der Waals surface area contributed by atoms with Gasteiger partial charge in [0.05, 0.1) is 4.47 Å². The zero-order chi connectivity index (χ0) is 12.1. The molecule has 1 aromatic rings. The molecule has 1 unspecified atom stereocenters. The first kappa shape index (κ1) is 12.8. The van der Waals surface area contributed by atoms with E-state index in [-0.39, 0.29) is 0 Å². The van der Waals surface area contributed by atoms with Gasteiger partial charge in [0.1, 0.15) is 5.82 Å². The summed E-state index contributed by atoms with van der Waals surface area (Å²) < 4.78 is 1.10. The minimum atomic E-state index is 0.579. The van der Waals surface area contributed by atoms with Gasteiger partial charge in [-0.25, -0.2) is 4.98 Å². The second-order valence-corrected chi connectivity index (χ2v) is 5.36. The van der Waals surface area contributed by atoms with Gasteiger partial charge >= 0.3 is 0 Å². The summed E-state index contributed by atoms with van der Waals surface area (Å²) in [5, 5.41) is 3.48. The zero-order valence-electron chi connectivity index (χ0n) is 10.3. The van der Waals surface area contributed by atoms with E-state index in [9.17, 15) is 0 Å². The first-order valence-electron chi connectivity index (χ1n) is 6.40. The number of anilines is 1. The van der Waals surface area contributed by atoms with Crippen LogP contribution in [0.4, 0.5) is 5.82 Å². The first-order valence-corrected chi connectivity index (χ1v) is 7.20. The molecule has 2 heterocycles. The molecule has 4 heteroatoms. The molecule has 0 bridgehead atoms. The van der Waals surface area contributed by atoms with Gasteiger partial charge in [0.2, 0.25) is 0 Å². The molecule has 1 aromatic heterocycles. The highest BCUT2D eigenvalue weighted by atomic mass is 79.9. The fraction of sp³-hybridized carbons (Fsp3) is 0.615. The molecule has 1 saturated heterocycles. The van der Waals surface area contributed by atoms with E-state index in [0.717, 1.165) is 36.3 Å². The van der Waals surface area contributed by atoms with Gasteiger partial charge < -0.3 is 10.2 Å². The van der Waals surface area contributed by atoms with Crippen molar-refractivity contribution in [2.45, 2.75) is 32.2 Å². The van der Waals surface area contributed by atoms with Crippen molar-refractivity contribution in [2.24, 2.45) is 0 Å². The van der Waals surface area contributed by atoms with Gasteiger partial charge in [-0.1, -0.05) is 6.92 Å². The number of rotatable bonds is 4. The van der Waals surface area contributed by atoms with Crippen LogP contribution in [0.3, 0.4) is 0 Å². The monoisotopic (exact) mass is 297 g/mol. The summed E-state index contributed by atoms with van der Waals surface area (Å²) in [6.45, 7) is 5.52. The van der Waals surface area contributed by atoms with E-state index in [1.807, 2.05) is 12.3 Å². The lowest BCUT2D eigenvalue weighted by atomic mass is 10.1. The molecule has 0 spiro atoms. The molecule has 0 radical (unpaired) electrons. The van der Waals surface area contributed by atoms with Crippen LogP contribution in [-0.2, 0) is 0 Å². The SMILES string of the molecule is CCCN(c1ncccc1Br)C1CCCNC1. The second-order valence-electron chi connectivity index (χ2n) is 4.50. The topological polar surface area (TPSA) is 28.2 Å². The van der Waals surface area contributed by atoms with E-state index in [4.69, 9.17) is 0 Å². The predicted molar refractivity (Wildman–Crippen MR) is 75.5 cm³/mol. The molecule has 3 nitrogen and oxygen atoms in total. The number of piperidine rings is 1. The fourth-order valence-electron chi connectivity index (χ4n) is 2.39. The van der Waals surface area contributed by atoms with E-state index in [1.54, 1.807) is 0 Å². The van der Waals surface area contributed by atoms with Gasteiger partial charge in [-0.15, -0.1) is 0 Å². The van der Waals surface area contributed by atoms with Crippen LogP contribution in [0.2, 0.25) is 0 Å². The summed E-state index contributed by atoms with van der Waals surface area (Å²) in [5.74, 6) is 1.09. The van der Waals surface area contributed by atoms with E-state index in [0.29, 0.717) is 6.04 Å². The molecule has 0 amide bonds. The Labute approximate surface area is 112 Å². The maximum atomic E-state index is 4.52. The van der Waals surface area contributed by atoms with Gasteiger partial charge in [-0.2, -0.15) is 0 Å². The number of nitrogens with zero attached hydrogens (tertiary/aromatic N) is 2. The standard InChI is InChI=1S/C13H20BrN3/c1-2-9-17(11-5-3-7-15-10-11)13-12(14)6-4-8-16-13/h4,6,8,11,15H,2-3,5,7,9-10H2,1H3. The van der Waals surface area contributed by atoms with Gasteiger partial charge in [0.15, 0.2) is 0 Å². The molecule has 94 valence electrons. The number of halogens is 1. The van der Waals surface area contributed by atoms with Gasteiger partial charge in [0, 0.05) is 25.3 Å². The number of aromatic nitrogens is 1. The van der Waals surface area contributed by atoms with Crippen LogP contribution < -0.4 is 10.2 Å². The van der Waals surface area contributed by atoms with Crippen molar-refractivity contribution in [1.29, 1.82) is 0 Å². The molecular formula is C13H20BrN3. The molecule has 1 aliphatic rings. The van der Waals surface area contributed by atoms with Gasteiger partial charge in [0.25, 0.3) is 0 Å². The Balaban J connectivity index is 2.18. The Morgan fingerprint density at radius 1 is 1.59 bits per heavy atom. The number of pyridine rings is 1. The zero-order valence-corrected chi connectivity index (χ0v) is 11.9. The summed E-state index contributed by atoms with van der Waals surface area (Å²) in [4.78, 5) is 6.96. The summed E-state index contributed by atoms with van der Waals surface area (Å²) in [7, 11) is 0. The molecule has 1 fully saturated rings. The Morgan fingerprint density at radius 3 is 3.12 bits per heavy atom. The van der Waals surface area contributed by atoms with Crippen molar-refractivity contribution in [3.05, 3.63) is 22.8 Å². The third kappa shape index (κ3) is 3.19. The van der Waals surface area contributed by atoms with E-state index < -0.39 is 0 Å². The number of hydrogen-bond acceptors (Lipinski definition) is 3. The maximum absolute atomic E-state index is 4.52. The van der Waals surface area contributed by atoms with Crippen LogP contribution in [0.25, 0.3) is 0 Å². The highest BCUT2D eigenvalue weighted by Crippen LogP contribution is 2.26. The highest BCUT2D eigenvalue weighted by Gasteiger charge is 2.22. The molecule has 2 rings (SSSR count). The Hall–Kier alpha value is -0.610. The largest absolute Gasteiger partial charge is 0.351 e. The number of hydrogen-bond donors (Lipinski definition) is 1. The van der Waals surface area contributed by atoms with Crippen molar-refractivity contribution in [1.82, 2.24) is 10.3 Å². The molecule has 0 saturated carbocycles. The van der Waals surface area contributed by atoms with Gasteiger partial charge in [-0.05, 0) is 53.9 Å². The third-order valence-corrected chi connectivity index (χ3v) is 3.81. The third-order valence-electron chi connectivity index (χ3n) is 3.19. The van der Waals surface area contributed by atoms with Crippen molar-refractivity contribution < 1.29 is 0 Å². The quantitative estimate of drug-likeness (QED) is 0.926. The summed E-state index contributed by atoms with van der Waals surface area (Å²) in [5.41, 5.74) is 0. The molecule has 0 aromatic carbocycles.